The van der Waals surface area contributed by atoms with Crippen molar-refractivity contribution in [3.8, 4) is 0 Å². The topological polar surface area (TPSA) is 38.1 Å². The molecule has 0 aromatic carbocycles. The van der Waals surface area contributed by atoms with Crippen LogP contribution in [0, 0.1) is 0 Å². The van der Waals surface area contributed by atoms with Crippen LogP contribution in [0.5, 0.6) is 0 Å². The molecule has 1 amide bonds. The molecule has 0 atom stereocenters. The zero-order valence-corrected chi connectivity index (χ0v) is 8.82. The van der Waals surface area contributed by atoms with E-state index in [0.29, 0.717) is 6.42 Å². The van der Waals surface area contributed by atoms with E-state index in [1.54, 1.807) is 6.20 Å². The summed E-state index contributed by atoms with van der Waals surface area (Å²) in [7, 11) is 1.92. The second-order valence-corrected chi connectivity index (χ2v) is 3.96. The van der Waals surface area contributed by atoms with Gasteiger partial charge >= 0.3 is 0 Å². The third-order valence-electron chi connectivity index (χ3n) is 2.66. The normalized spacial score (nSPS) is 16.3. The number of rotatable bonds is 1. The number of aryl methyl sites for hydroxylation is 1. The van der Waals surface area contributed by atoms with Gasteiger partial charge in [0.15, 0.2) is 0 Å². The van der Waals surface area contributed by atoms with Crippen LogP contribution >= 0.6 is 0 Å². The predicted molar refractivity (Wildman–Crippen MR) is 54.2 cm³/mol. The summed E-state index contributed by atoms with van der Waals surface area (Å²) in [6.45, 7) is 4.06. The summed E-state index contributed by atoms with van der Waals surface area (Å²) in [5.41, 5.74) is 2.15. The number of fused-ring (bicyclic) bond motifs is 1. The van der Waals surface area contributed by atoms with Crippen molar-refractivity contribution in [1.29, 1.82) is 0 Å². The van der Waals surface area contributed by atoms with Crippen LogP contribution in [0.15, 0.2) is 6.20 Å². The van der Waals surface area contributed by atoms with E-state index < -0.39 is 0 Å². The lowest BCUT2D eigenvalue weighted by Crippen LogP contribution is -2.40. The van der Waals surface area contributed by atoms with Gasteiger partial charge in [-0.2, -0.15) is 5.10 Å². The first-order valence-corrected chi connectivity index (χ1v) is 4.94. The van der Waals surface area contributed by atoms with Crippen molar-refractivity contribution < 1.29 is 4.79 Å². The first-order valence-electron chi connectivity index (χ1n) is 4.94. The summed E-state index contributed by atoms with van der Waals surface area (Å²) >= 11 is 0. The van der Waals surface area contributed by atoms with Crippen LogP contribution < -0.4 is 4.90 Å². The molecule has 0 bridgehead atoms. The second-order valence-electron chi connectivity index (χ2n) is 3.96. The number of carbonyl (C=O) groups is 1. The molecule has 0 saturated carbocycles. The largest absolute Gasteiger partial charge is 0.307 e. The highest BCUT2D eigenvalue weighted by molar-refractivity contribution is 5.96. The molecule has 2 heterocycles. The molecular formula is C10H15N3O. The van der Waals surface area contributed by atoms with Crippen LogP contribution in [0.3, 0.4) is 0 Å². The van der Waals surface area contributed by atoms with E-state index in [9.17, 15) is 4.79 Å². The first-order chi connectivity index (χ1) is 6.61. The molecule has 0 unspecified atom stereocenters. The lowest BCUT2D eigenvalue weighted by molar-refractivity contribution is -0.119. The lowest BCUT2D eigenvalue weighted by atomic mass is 10.1. The van der Waals surface area contributed by atoms with Gasteiger partial charge in [-0.1, -0.05) is 0 Å². The molecule has 4 nitrogen and oxygen atoms in total. The van der Waals surface area contributed by atoms with Crippen LogP contribution in [0.2, 0.25) is 0 Å². The van der Waals surface area contributed by atoms with E-state index in [0.717, 1.165) is 12.1 Å². The van der Waals surface area contributed by atoms with Crippen molar-refractivity contribution in [2.75, 3.05) is 4.90 Å². The Morgan fingerprint density at radius 3 is 2.79 bits per heavy atom. The third-order valence-corrected chi connectivity index (χ3v) is 2.66. The fourth-order valence-corrected chi connectivity index (χ4v) is 1.99. The molecule has 0 fully saturated rings. The maximum absolute atomic E-state index is 11.7. The van der Waals surface area contributed by atoms with Gasteiger partial charge in [-0.15, -0.1) is 0 Å². The van der Waals surface area contributed by atoms with Gasteiger partial charge in [0.2, 0.25) is 5.91 Å². The Morgan fingerprint density at radius 1 is 1.43 bits per heavy atom. The van der Waals surface area contributed by atoms with Gasteiger partial charge in [-0.3, -0.25) is 9.48 Å². The van der Waals surface area contributed by atoms with Gasteiger partial charge in [0, 0.05) is 25.9 Å². The summed E-state index contributed by atoms with van der Waals surface area (Å²) in [6, 6.07) is 0.214. The molecule has 1 aromatic heterocycles. The van der Waals surface area contributed by atoms with Crippen LogP contribution in [0.25, 0.3) is 0 Å². The number of amides is 1. The molecule has 0 N–H and O–H groups in total. The van der Waals surface area contributed by atoms with Crippen molar-refractivity contribution in [1.82, 2.24) is 9.78 Å². The van der Waals surface area contributed by atoms with Crippen LogP contribution in [0.1, 0.15) is 26.0 Å². The molecule has 14 heavy (non-hydrogen) atoms. The number of anilines is 1. The summed E-state index contributed by atoms with van der Waals surface area (Å²) in [5.74, 6) is 0.209. The van der Waals surface area contributed by atoms with Crippen molar-refractivity contribution in [3.63, 3.8) is 0 Å². The number of aromatic nitrogens is 2. The molecule has 2 rings (SSSR count). The van der Waals surface area contributed by atoms with E-state index in [4.69, 9.17) is 0 Å². The number of carbonyl (C=O) groups excluding carboxylic acids is 1. The molecule has 1 aliphatic rings. The minimum atomic E-state index is 0.209. The molecule has 4 heteroatoms. The minimum Gasteiger partial charge on any atom is -0.307 e. The highest BCUT2D eigenvalue weighted by Gasteiger charge is 2.28. The van der Waals surface area contributed by atoms with Gasteiger partial charge in [-0.05, 0) is 13.8 Å². The maximum atomic E-state index is 11.7. The van der Waals surface area contributed by atoms with E-state index in [2.05, 4.69) is 5.10 Å². The van der Waals surface area contributed by atoms with Crippen LogP contribution in [-0.4, -0.2) is 21.7 Å². The van der Waals surface area contributed by atoms with E-state index in [1.165, 1.54) is 5.69 Å². The number of hydrogen-bond donors (Lipinski definition) is 0. The Kier molecular flexibility index (Phi) is 2.06. The number of hydrogen-bond acceptors (Lipinski definition) is 2. The monoisotopic (exact) mass is 193 g/mol. The van der Waals surface area contributed by atoms with Gasteiger partial charge in [0.25, 0.3) is 0 Å². The first kappa shape index (κ1) is 9.24. The van der Waals surface area contributed by atoms with Crippen LogP contribution in [-0.2, 0) is 18.3 Å². The average Bonchev–Trinajstić information content (AvgIpc) is 2.47. The summed E-state index contributed by atoms with van der Waals surface area (Å²) < 4.78 is 1.86. The summed E-state index contributed by atoms with van der Waals surface area (Å²) in [6.07, 6.45) is 3.20. The molecular weight excluding hydrogens is 178 g/mol. The van der Waals surface area contributed by atoms with E-state index in [1.807, 2.05) is 30.5 Å². The number of nitrogens with zero attached hydrogens (tertiary/aromatic N) is 3. The average molecular weight is 193 g/mol. The Labute approximate surface area is 83.5 Å². The zero-order valence-electron chi connectivity index (χ0n) is 8.82. The van der Waals surface area contributed by atoms with Gasteiger partial charge in [-0.25, -0.2) is 0 Å². The van der Waals surface area contributed by atoms with Crippen molar-refractivity contribution >= 4 is 11.6 Å². The lowest BCUT2D eigenvalue weighted by Gasteiger charge is -2.30. The molecule has 1 aromatic rings. The third kappa shape index (κ3) is 1.22. The summed E-state index contributed by atoms with van der Waals surface area (Å²) in [5, 5.41) is 4.19. The predicted octanol–water partition coefficient (Wildman–Crippen LogP) is 1.11. The van der Waals surface area contributed by atoms with Crippen LogP contribution in [0.4, 0.5) is 5.69 Å². The Balaban J connectivity index is 2.47. The quantitative estimate of drug-likeness (QED) is 0.670. The smallest absolute Gasteiger partial charge is 0.227 e. The van der Waals surface area contributed by atoms with E-state index in [-0.39, 0.29) is 11.9 Å². The van der Waals surface area contributed by atoms with Gasteiger partial charge < -0.3 is 4.90 Å². The molecule has 0 spiro atoms. The molecule has 76 valence electrons. The highest BCUT2D eigenvalue weighted by atomic mass is 16.2. The SMILES string of the molecule is CC(C)N1C(=O)CCc2c1cnn2C. The van der Waals surface area contributed by atoms with Gasteiger partial charge in [0.1, 0.15) is 0 Å². The van der Waals surface area contributed by atoms with E-state index >= 15 is 0 Å². The van der Waals surface area contributed by atoms with Gasteiger partial charge in [0.05, 0.1) is 17.6 Å². The Bertz CT molecular complexity index is 367. The maximum Gasteiger partial charge on any atom is 0.227 e. The highest BCUT2D eigenvalue weighted by Crippen LogP contribution is 2.28. The fourth-order valence-electron chi connectivity index (χ4n) is 1.99. The van der Waals surface area contributed by atoms with Crippen molar-refractivity contribution in [2.24, 2.45) is 7.05 Å². The standard InChI is InChI=1S/C10H15N3O/c1-7(2)13-9-6-11-12(3)8(9)4-5-10(13)14/h6-7H,4-5H2,1-3H3. The Morgan fingerprint density at radius 2 is 2.14 bits per heavy atom. The molecule has 0 radical (unpaired) electrons. The molecule has 0 saturated heterocycles. The van der Waals surface area contributed by atoms with Crippen molar-refractivity contribution in [3.05, 3.63) is 11.9 Å². The molecule has 1 aliphatic heterocycles. The second kappa shape index (κ2) is 3.12. The Hall–Kier alpha value is -1.32. The van der Waals surface area contributed by atoms with Crippen molar-refractivity contribution in [2.45, 2.75) is 32.7 Å². The molecule has 0 aliphatic carbocycles. The minimum absolute atomic E-state index is 0.209. The fraction of sp³-hybridized carbons (Fsp3) is 0.600. The zero-order chi connectivity index (χ0) is 10.3. The summed E-state index contributed by atoms with van der Waals surface area (Å²) in [4.78, 5) is 13.5.